The maximum Gasteiger partial charge on any atom is 0.324 e. The minimum Gasteiger partial charge on any atom is -0.497 e. The summed E-state index contributed by atoms with van der Waals surface area (Å²) in [7, 11) is 1.64. The molecule has 0 spiro atoms. The lowest BCUT2D eigenvalue weighted by Gasteiger charge is -2.30. The van der Waals surface area contributed by atoms with Gasteiger partial charge in [0.1, 0.15) is 5.75 Å². The summed E-state index contributed by atoms with van der Waals surface area (Å²) in [6.07, 6.45) is 4.21. The van der Waals surface area contributed by atoms with Gasteiger partial charge in [-0.25, -0.2) is 0 Å². The van der Waals surface area contributed by atoms with Crippen LogP contribution >= 0.6 is 0 Å². The number of likely N-dealkylation sites (tertiary alicyclic amines) is 1. The van der Waals surface area contributed by atoms with Crippen molar-refractivity contribution in [3.8, 4) is 17.1 Å². The Morgan fingerprint density at radius 2 is 1.92 bits per heavy atom. The molecule has 3 unspecified atom stereocenters. The number of aromatic nitrogens is 2. The first kappa shape index (κ1) is 25.9. The number of hydrogen-bond donors (Lipinski definition) is 2. The summed E-state index contributed by atoms with van der Waals surface area (Å²) in [6.45, 7) is 7.98. The lowest BCUT2D eigenvalue weighted by atomic mass is 9.96. The number of rotatable bonds is 8. The number of methoxy groups -OCH3 is 1. The Hall–Kier alpha value is -3.14. The lowest BCUT2D eigenvalue weighted by molar-refractivity contribution is -0.126. The topological polar surface area (TPSA) is 121 Å². The van der Waals surface area contributed by atoms with Crippen molar-refractivity contribution in [2.75, 3.05) is 51.3 Å². The minimum absolute atomic E-state index is 0.0649. The molecular formula is C26H37N5O5. The fourth-order valence-corrected chi connectivity index (χ4v) is 5.15. The largest absolute Gasteiger partial charge is 0.497 e. The number of anilines is 1. The molecule has 1 aromatic carbocycles. The number of nitrogens with one attached hydrogen (secondary N) is 1. The first-order valence-corrected chi connectivity index (χ1v) is 12.8. The van der Waals surface area contributed by atoms with Gasteiger partial charge in [-0.05, 0) is 74.2 Å². The number of amides is 1. The van der Waals surface area contributed by atoms with E-state index in [0.29, 0.717) is 17.8 Å². The predicted molar refractivity (Wildman–Crippen MR) is 135 cm³/mol. The number of carbonyl (C=O) groups is 2. The molecule has 5 rings (SSSR count). The summed E-state index contributed by atoms with van der Waals surface area (Å²) in [6, 6.07) is 8.12. The van der Waals surface area contributed by atoms with Gasteiger partial charge in [0, 0.05) is 44.2 Å². The molecule has 0 radical (unpaired) electrons. The molecule has 3 fully saturated rings. The first-order chi connectivity index (χ1) is 17.5. The van der Waals surface area contributed by atoms with Gasteiger partial charge in [0.2, 0.25) is 11.7 Å². The average molecular weight is 500 g/mol. The highest BCUT2D eigenvalue weighted by atomic mass is 16.5. The van der Waals surface area contributed by atoms with Crippen molar-refractivity contribution < 1.29 is 24.0 Å². The highest BCUT2D eigenvalue weighted by molar-refractivity contribution is 5.79. The fourth-order valence-electron chi connectivity index (χ4n) is 5.15. The van der Waals surface area contributed by atoms with Gasteiger partial charge < -0.3 is 29.5 Å². The van der Waals surface area contributed by atoms with Crippen LogP contribution in [-0.2, 0) is 9.59 Å². The van der Waals surface area contributed by atoms with Crippen LogP contribution in [0.5, 0.6) is 5.75 Å². The molecule has 1 saturated carbocycles. The first-order valence-electron chi connectivity index (χ1n) is 12.8. The second-order valence-corrected chi connectivity index (χ2v) is 10.1. The van der Waals surface area contributed by atoms with Crippen LogP contribution in [-0.4, -0.2) is 78.9 Å². The molecular weight excluding hydrogens is 462 g/mol. The van der Waals surface area contributed by atoms with Crippen molar-refractivity contribution >= 4 is 18.4 Å². The second kappa shape index (κ2) is 12.2. The van der Waals surface area contributed by atoms with E-state index < -0.39 is 0 Å². The van der Waals surface area contributed by atoms with E-state index in [1.807, 2.05) is 24.3 Å². The summed E-state index contributed by atoms with van der Waals surface area (Å²) in [5.41, 5.74) is 0.886. The Kier molecular flexibility index (Phi) is 8.79. The van der Waals surface area contributed by atoms with Crippen LogP contribution in [0, 0.1) is 23.7 Å². The smallest absolute Gasteiger partial charge is 0.324 e. The van der Waals surface area contributed by atoms with E-state index >= 15 is 0 Å². The molecule has 1 aromatic heterocycles. The van der Waals surface area contributed by atoms with Crippen LogP contribution < -0.4 is 15.0 Å². The van der Waals surface area contributed by atoms with E-state index in [1.54, 1.807) is 7.11 Å². The van der Waals surface area contributed by atoms with Gasteiger partial charge in [-0.2, -0.15) is 4.98 Å². The van der Waals surface area contributed by atoms with E-state index in [-0.39, 0.29) is 18.3 Å². The number of carbonyl (C=O) groups excluding carboxylic acids is 1. The molecule has 10 heteroatoms. The van der Waals surface area contributed by atoms with Gasteiger partial charge in [0.25, 0.3) is 6.47 Å². The molecule has 3 heterocycles. The number of carboxylic acid groups (broad SMARTS) is 1. The van der Waals surface area contributed by atoms with Crippen molar-refractivity contribution in [3.05, 3.63) is 24.3 Å². The third-order valence-corrected chi connectivity index (χ3v) is 7.60. The molecule has 36 heavy (non-hydrogen) atoms. The molecule has 2 aromatic rings. The van der Waals surface area contributed by atoms with Crippen LogP contribution in [0.1, 0.15) is 32.6 Å². The van der Waals surface area contributed by atoms with Gasteiger partial charge in [-0.15, -0.1) is 0 Å². The van der Waals surface area contributed by atoms with Crippen molar-refractivity contribution in [2.24, 2.45) is 23.7 Å². The summed E-state index contributed by atoms with van der Waals surface area (Å²) < 4.78 is 10.7. The molecule has 196 valence electrons. The van der Waals surface area contributed by atoms with Crippen LogP contribution in [0.25, 0.3) is 11.4 Å². The Balaban J connectivity index is 0.000000967. The van der Waals surface area contributed by atoms with Crippen LogP contribution in [0.3, 0.4) is 0 Å². The quantitative estimate of drug-likeness (QED) is 0.528. The molecule has 2 N–H and O–H groups in total. The second-order valence-electron chi connectivity index (χ2n) is 10.1. The number of benzene rings is 1. The standard InChI is InChI=1S/C25H35N5O3.CH2O2/c1-17-13-21(17)16-29-10-7-18(15-29)14-26-24(31)20-8-11-30(12-9-20)25-27-23(28-33-25)19-3-5-22(32-2)6-4-19;2-1-3/h3-6,17-18,20-21H,7-16H2,1-2H3,(H,26,31);1H,(H,2,3). The normalized spacial score (nSPS) is 24.1. The monoisotopic (exact) mass is 499 g/mol. The summed E-state index contributed by atoms with van der Waals surface area (Å²) in [4.78, 5) is 30.3. The predicted octanol–water partition coefficient (Wildman–Crippen LogP) is 2.76. The number of piperidine rings is 1. The van der Waals surface area contributed by atoms with E-state index in [0.717, 1.165) is 62.2 Å². The maximum atomic E-state index is 12.7. The third-order valence-electron chi connectivity index (χ3n) is 7.60. The molecule has 1 amide bonds. The molecule has 3 atom stereocenters. The molecule has 3 aliphatic rings. The lowest BCUT2D eigenvalue weighted by Crippen LogP contribution is -2.42. The zero-order valence-electron chi connectivity index (χ0n) is 21.1. The summed E-state index contributed by atoms with van der Waals surface area (Å²) in [5.74, 6) is 4.04. The van der Waals surface area contributed by atoms with Crippen molar-refractivity contribution in [1.29, 1.82) is 0 Å². The van der Waals surface area contributed by atoms with Gasteiger partial charge in [0.15, 0.2) is 0 Å². The highest BCUT2D eigenvalue weighted by Crippen LogP contribution is 2.39. The van der Waals surface area contributed by atoms with Gasteiger partial charge in [-0.1, -0.05) is 12.1 Å². The van der Waals surface area contributed by atoms with Gasteiger partial charge in [-0.3, -0.25) is 9.59 Å². The van der Waals surface area contributed by atoms with Gasteiger partial charge in [0.05, 0.1) is 7.11 Å². The molecule has 10 nitrogen and oxygen atoms in total. The average Bonchev–Trinajstić information content (AvgIpc) is 3.27. The van der Waals surface area contributed by atoms with Crippen LogP contribution in [0.2, 0.25) is 0 Å². The van der Waals surface area contributed by atoms with Crippen LogP contribution in [0.4, 0.5) is 6.01 Å². The van der Waals surface area contributed by atoms with Crippen molar-refractivity contribution in [2.45, 2.75) is 32.6 Å². The molecule has 1 aliphatic carbocycles. The molecule has 0 bridgehead atoms. The number of nitrogens with zero attached hydrogens (tertiary/aromatic N) is 4. The number of ether oxygens (including phenoxy) is 1. The Bertz CT molecular complexity index is 989. The molecule has 2 aliphatic heterocycles. The highest BCUT2D eigenvalue weighted by Gasteiger charge is 2.36. The number of hydrogen-bond acceptors (Lipinski definition) is 8. The van der Waals surface area contributed by atoms with Crippen LogP contribution in [0.15, 0.2) is 28.8 Å². The van der Waals surface area contributed by atoms with E-state index in [1.165, 1.54) is 25.9 Å². The van der Waals surface area contributed by atoms with Crippen molar-refractivity contribution in [3.63, 3.8) is 0 Å². The SMILES string of the molecule is COc1ccc(-c2noc(N3CCC(C(=O)NCC4CCN(CC5CC5C)C4)CC3)n2)cc1.O=CO. The van der Waals surface area contributed by atoms with E-state index in [4.69, 9.17) is 19.2 Å². The zero-order chi connectivity index (χ0) is 25.5. The van der Waals surface area contributed by atoms with E-state index in [9.17, 15) is 4.79 Å². The Morgan fingerprint density at radius 3 is 2.56 bits per heavy atom. The third kappa shape index (κ3) is 6.75. The molecule has 2 saturated heterocycles. The van der Waals surface area contributed by atoms with E-state index in [2.05, 4.69) is 32.2 Å². The zero-order valence-corrected chi connectivity index (χ0v) is 21.1. The van der Waals surface area contributed by atoms with Gasteiger partial charge >= 0.3 is 6.01 Å². The van der Waals surface area contributed by atoms with Crippen molar-refractivity contribution in [1.82, 2.24) is 20.4 Å². The minimum atomic E-state index is -0.250. The fraction of sp³-hybridized carbons (Fsp3) is 0.615. The summed E-state index contributed by atoms with van der Waals surface area (Å²) >= 11 is 0. The maximum absolute atomic E-state index is 12.7. The Labute approximate surface area is 212 Å². The summed E-state index contributed by atoms with van der Waals surface area (Å²) in [5, 5.41) is 14.3. The Morgan fingerprint density at radius 1 is 1.22 bits per heavy atom.